The van der Waals surface area contributed by atoms with E-state index in [0.717, 1.165) is 10.2 Å². The molecule has 0 aliphatic rings. The molecule has 5 heteroatoms. The number of nitrogens with one attached hydrogen (secondary N) is 1. The number of nitrogens with zero attached hydrogens (tertiary/aromatic N) is 2. The Balaban J connectivity index is 1.94. The summed E-state index contributed by atoms with van der Waals surface area (Å²) in [4.78, 5) is 4.13. The lowest BCUT2D eigenvalue weighted by atomic mass is 10.1. The number of benzene rings is 1. The molecule has 0 fully saturated rings. The van der Waals surface area contributed by atoms with Crippen molar-refractivity contribution in [2.75, 3.05) is 5.32 Å². The maximum Gasteiger partial charge on any atom is 0.152 e. The van der Waals surface area contributed by atoms with Crippen LogP contribution in [0.3, 0.4) is 0 Å². The van der Waals surface area contributed by atoms with E-state index in [0.29, 0.717) is 11.7 Å². The van der Waals surface area contributed by atoms with Gasteiger partial charge in [0.2, 0.25) is 0 Å². The monoisotopic (exact) mass is 363 g/mol. The van der Waals surface area contributed by atoms with E-state index in [-0.39, 0.29) is 0 Å². The minimum absolute atomic E-state index is 0.481. The first-order valence-corrected chi connectivity index (χ1v) is 7.83. The second-order valence-electron chi connectivity index (χ2n) is 4.99. The summed E-state index contributed by atoms with van der Waals surface area (Å²) in [6.07, 6.45) is 1.69. The van der Waals surface area contributed by atoms with Crippen molar-refractivity contribution in [1.82, 2.24) is 9.55 Å². The van der Waals surface area contributed by atoms with Crippen molar-refractivity contribution in [3.8, 4) is 0 Å². The fraction of sp³-hybridized carbons (Fsp3) is 0.188. The molecule has 0 saturated carbocycles. The maximum atomic E-state index is 6.12. The van der Waals surface area contributed by atoms with Crippen molar-refractivity contribution in [2.24, 2.45) is 7.05 Å². The highest BCUT2D eigenvalue weighted by molar-refractivity contribution is 9.10. The fourth-order valence-corrected chi connectivity index (χ4v) is 3.11. The van der Waals surface area contributed by atoms with Gasteiger partial charge in [0.1, 0.15) is 0 Å². The Hall–Kier alpha value is -1.52. The Labute approximate surface area is 137 Å². The summed E-state index contributed by atoms with van der Waals surface area (Å²) in [5.74, 6) is 0. The van der Waals surface area contributed by atoms with Gasteiger partial charge in [-0.1, -0.05) is 29.8 Å². The summed E-state index contributed by atoms with van der Waals surface area (Å²) in [6.45, 7) is 2.86. The van der Waals surface area contributed by atoms with Gasteiger partial charge < -0.3 is 9.88 Å². The minimum Gasteiger partial charge on any atom is -0.377 e. The zero-order valence-electron chi connectivity index (χ0n) is 11.8. The van der Waals surface area contributed by atoms with Gasteiger partial charge in [0.05, 0.1) is 12.2 Å². The third-order valence-electron chi connectivity index (χ3n) is 3.76. The lowest BCUT2D eigenvalue weighted by Gasteiger charge is -2.10. The van der Waals surface area contributed by atoms with Crippen LogP contribution in [0.25, 0.3) is 10.9 Å². The van der Waals surface area contributed by atoms with Gasteiger partial charge in [0, 0.05) is 34.3 Å². The molecule has 2 aromatic heterocycles. The molecule has 0 saturated heterocycles. The van der Waals surface area contributed by atoms with Gasteiger partial charge >= 0.3 is 0 Å². The summed E-state index contributed by atoms with van der Waals surface area (Å²) >= 11 is 9.53. The van der Waals surface area contributed by atoms with Crippen LogP contribution in [0.2, 0.25) is 5.15 Å². The number of pyridine rings is 1. The molecule has 1 aromatic carbocycles. The summed E-state index contributed by atoms with van der Waals surface area (Å²) in [6, 6.07) is 10.4. The second-order valence-corrected chi connectivity index (χ2v) is 6.27. The molecule has 3 aromatic rings. The number of aromatic nitrogens is 2. The van der Waals surface area contributed by atoms with Crippen molar-refractivity contribution in [1.29, 1.82) is 0 Å². The number of hydrogen-bond donors (Lipinski definition) is 1. The van der Waals surface area contributed by atoms with Gasteiger partial charge in [-0.3, -0.25) is 0 Å². The average Bonchev–Trinajstić information content (AvgIpc) is 2.73. The van der Waals surface area contributed by atoms with Crippen LogP contribution in [0.4, 0.5) is 5.69 Å². The first-order valence-electron chi connectivity index (χ1n) is 6.65. The number of halogens is 2. The number of fused-ring (bicyclic) bond motifs is 1. The highest BCUT2D eigenvalue weighted by atomic mass is 79.9. The molecule has 0 radical (unpaired) electrons. The topological polar surface area (TPSA) is 29.9 Å². The van der Waals surface area contributed by atoms with E-state index >= 15 is 0 Å². The molecular formula is C16H15BrClN3. The number of aryl methyl sites for hydroxylation is 2. The molecule has 0 unspecified atom stereocenters. The SMILES string of the molecule is Cc1c(CNc2cc(Br)cnc2Cl)n(C)c2ccccc12. The van der Waals surface area contributed by atoms with E-state index in [2.05, 4.69) is 69.0 Å². The lowest BCUT2D eigenvalue weighted by Crippen LogP contribution is -2.06. The van der Waals surface area contributed by atoms with Gasteiger partial charge in [-0.05, 0) is 40.5 Å². The molecule has 1 N–H and O–H groups in total. The highest BCUT2D eigenvalue weighted by Gasteiger charge is 2.11. The molecule has 0 atom stereocenters. The van der Waals surface area contributed by atoms with Gasteiger partial charge in [-0.15, -0.1) is 0 Å². The van der Waals surface area contributed by atoms with Crippen LogP contribution in [-0.2, 0) is 13.6 Å². The average molecular weight is 365 g/mol. The predicted octanol–water partition coefficient (Wildman–Crippen LogP) is 4.91. The van der Waals surface area contributed by atoms with E-state index < -0.39 is 0 Å². The van der Waals surface area contributed by atoms with Crippen molar-refractivity contribution in [3.63, 3.8) is 0 Å². The Morgan fingerprint density at radius 1 is 1.33 bits per heavy atom. The first-order chi connectivity index (χ1) is 10.1. The van der Waals surface area contributed by atoms with Crippen LogP contribution >= 0.6 is 27.5 Å². The number of rotatable bonds is 3. The van der Waals surface area contributed by atoms with Crippen molar-refractivity contribution >= 4 is 44.1 Å². The van der Waals surface area contributed by atoms with Crippen LogP contribution in [0.15, 0.2) is 41.0 Å². The molecule has 0 aliphatic heterocycles. The van der Waals surface area contributed by atoms with Gasteiger partial charge in [0.25, 0.3) is 0 Å². The zero-order valence-corrected chi connectivity index (χ0v) is 14.2. The van der Waals surface area contributed by atoms with Gasteiger partial charge in [-0.25, -0.2) is 4.98 Å². The van der Waals surface area contributed by atoms with Crippen molar-refractivity contribution in [3.05, 3.63) is 57.4 Å². The van der Waals surface area contributed by atoms with Crippen molar-refractivity contribution in [2.45, 2.75) is 13.5 Å². The summed E-state index contributed by atoms with van der Waals surface area (Å²) < 4.78 is 3.12. The Morgan fingerprint density at radius 2 is 2.10 bits per heavy atom. The van der Waals surface area contributed by atoms with Crippen molar-refractivity contribution < 1.29 is 0 Å². The maximum absolute atomic E-state index is 6.12. The lowest BCUT2D eigenvalue weighted by molar-refractivity contribution is 0.862. The van der Waals surface area contributed by atoms with Gasteiger partial charge in [0.15, 0.2) is 5.15 Å². The molecule has 2 heterocycles. The minimum atomic E-state index is 0.481. The standard InChI is InChI=1S/C16H15BrClN3/c1-10-12-5-3-4-6-14(12)21(2)15(10)9-19-13-7-11(17)8-20-16(13)18/h3-8,19H,9H2,1-2H3. The molecule has 0 bridgehead atoms. The molecule has 0 spiro atoms. The Kier molecular flexibility index (Phi) is 3.91. The third kappa shape index (κ3) is 2.65. The number of hydrogen-bond acceptors (Lipinski definition) is 2. The highest BCUT2D eigenvalue weighted by Crippen LogP contribution is 2.27. The fourth-order valence-electron chi connectivity index (χ4n) is 2.61. The third-order valence-corrected chi connectivity index (χ3v) is 4.49. The predicted molar refractivity (Wildman–Crippen MR) is 91.9 cm³/mol. The molecule has 3 nitrogen and oxygen atoms in total. The summed E-state index contributed by atoms with van der Waals surface area (Å²) in [5.41, 5.74) is 4.60. The van der Waals surface area contributed by atoms with Crippen LogP contribution in [0.1, 0.15) is 11.3 Å². The van der Waals surface area contributed by atoms with E-state index in [9.17, 15) is 0 Å². The summed E-state index contributed by atoms with van der Waals surface area (Å²) in [7, 11) is 2.09. The van der Waals surface area contributed by atoms with Crippen LogP contribution in [0.5, 0.6) is 0 Å². The zero-order chi connectivity index (χ0) is 15.0. The molecule has 108 valence electrons. The molecular weight excluding hydrogens is 350 g/mol. The number of anilines is 1. The Morgan fingerprint density at radius 3 is 2.86 bits per heavy atom. The smallest absolute Gasteiger partial charge is 0.152 e. The molecule has 0 amide bonds. The van der Waals surface area contributed by atoms with Gasteiger partial charge in [-0.2, -0.15) is 0 Å². The van der Waals surface area contributed by atoms with E-state index in [1.807, 2.05) is 6.07 Å². The molecule has 3 rings (SSSR count). The van der Waals surface area contributed by atoms with E-state index in [4.69, 9.17) is 11.6 Å². The molecule has 0 aliphatic carbocycles. The van der Waals surface area contributed by atoms with Crippen LogP contribution in [0, 0.1) is 6.92 Å². The Bertz CT molecular complexity index is 772. The van der Waals surface area contributed by atoms with Crippen LogP contribution < -0.4 is 5.32 Å². The number of para-hydroxylation sites is 1. The normalized spacial score (nSPS) is 11.0. The second kappa shape index (κ2) is 5.70. The van der Waals surface area contributed by atoms with E-state index in [1.165, 1.54) is 22.2 Å². The quantitative estimate of drug-likeness (QED) is 0.669. The van der Waals surface area contributed by atoms with Crippen LogP contribution in [-0.4, -0.2) is 9.55 Å². The summed E-state index contributed by atoms with van der Waals surface area (Å²) in [5, 5.41) is 5.14. The van der Waals surface area contributed by atoms with E-state index in [1.54, 1.807) is 6.20 Å². The molecule has 21 heavy (non-hydrogen) atoms. The first kappa shape index (κ1) is 14.4. The largest absolute Gasteiger partial charge is 0.377 e.